The lowest BCUT2D eigenvalue weighted by Gasteiger charge is -2.16. The van der Waals surface area contributed by atoms with E-state index in [1.807, 2.05) is 6.92 Å². The van der Waals surface area contributed by atoms with E-state index in [1.165, 1.54) is 0 Å². The molecule has 0 bridgehead atoms. The van der Waals surface area contributed by atoms with Crippen LogP contribution in [0.15, 0.2) is 11.8 Å². The molecule has 0 aliphatic carbocycles. The van der Waals surface area contributed by atoms with Crippen molar-refractivity contribution in [3.05, 3.63) is 11.8 Å². The van der Waals surface area contributed by atoms with Crippen molar-refractivity contribution in [1.29, 1.82) is 0 Å². The maximum atomic E-state index is 9.13. The Morgan fingerprint density at radius 2 is 2.70 bits per heavy atom. The fourth-order valence-electron chi connectivity index (χ4n) is 0.866. The van der Waals surface area contributed by atoms with E-state index in [0.29, 0.717) is 6.61 Å². The second-order valence-electron chi connectivity index (χ2n) is 2.15. The highest BCUT2D eigenvalue weighted by Crippen LogP contribution is 2.17. The number of ether oxygens (including phenoxy) is 1. The maximum Gasteiger partial charge on any atom is 0.104 e. The van der Waals surface area contributed by atoms with E-state index < -0.39 is 0 Å². The molecule has 1 N–H and O–H groups in total. The van der Waals surface area contributed by atoms with Crippen molar-refractivity contribution in [3.8, 4) is 0 Å². The average molecular weight is 160 g/mol. The molecule has 1 aliphatic rings. The van der Waals surface area contributed by atoms with Crippen LogP contribution in [0.2, 0.25) is 0 Å². The minimum Gasteiger partial charge on any atom is -0.498 e. The fourth-order valence-corrected chi connectivity index (χ4v) is 1.70. The van der Waals surface area contributed by atoms with Crippen molar-refractivity contribution in [3.63, 3.8) is 0 Å². The van der Waals surface area contributed by atoms with Gasteiger partial charge in [-0.05, 0) is 13.0 Å². The average Bonchev–Trinajstić information content (AvgIpc) is 1.88. The predicted octanol–water partition coefficient (Wildman–Crippen LogP) is 1.01. The van der Waals surface area contributed by atoms with Gasteiger partial charge in [-0.15, -0.1) is 0 Å². The fraction of sp³-hybridized carbons (Fsp3) is 0.714. The van der Waals surface area contributed by atoms with Crippen LogP contribution in [0.4, 0.5) is 0 Å². The molecular weight excluding hydrogens is 148 g/mol. The first kappa shape index (κ1) is 7.95. The third-order valence-electron chi connectivity index (χ3n) is 1.24. The first-order chi connectivity index (χ1) is 4.83. The molecule has 1 rings (SSSR count). The Morgan fingerprint density at radius 3 is 3.30 bits per heavy atom. The van der Waals surface area contributed by atoms with Crippen LogP contribution in [0.1, 0.15) is 6.92 Å². The largest absolute Gasteiger partial charge is 0.498 e. The van der Waals surface area contributed by atoms with Gasteiger partial charge in [0.25, 0.3) is 0 Å². The molecule has 0 saturated carbocycles. The lowest BCUT2D eigenvalue weighted by molar-refractivity contribution is 0.205. The Hall–Kier alpha value is -0.150. The van der Waals surface area contributed by atoms with Crippen LogP contribution in [-0.2, 0) is 4.74 Å². The van der Waals surface area contributed by atoms with Gasteiger partial charge in [-0.2, -0.15) is 11.8 Å². The van der Waals surface area contributed by atoms with Crippen LogP contribution < -0.4 is 0 Å². The van der Waals surface area contributed by atoms with Crippen LogP contribution in [0.5, 0.6) is 0 Å². The van der Waals surface area contributed by atoms with Gasteiger partial charge in [0.2, 0.25) is 0 Å². The lowest BCUT2D eigenvalue weighted by atomic mass is 10.3. The minimum atomic E-state index is -0.305. The van der Waals surface area contributed by atoms with Crippen LogP contribution in [0.25, 0.3) is 0 Å². The van der Waals surface area contributed by atoms with Gasteiger partial charge in [-0.3, -0.25) is 0 Å². The molecule has 58 valence electrons. The molecule has 0 amide bonds. The predicted molar refractivity (Wildman–Crippen MR) is 43.0 cm³/mol. The van der Waals surface area contributed by atoms with E-state index in [-0.39, 0.29) is 6.10 Å². The molecule has 3 heteroatoms. The molecule has 1 unspecified atom stereocenters. The summed E-state index contributed by atoms with van der Waals surface area (Å²) in [7, 11) is 0. The Labute approximate surface area is 65.3 Å². The number of hydrogen-bond acceptors (Lipinski definition) is 3. The van der Waals surface area contributed by atoms with Crippen LogP contribution in [0.3, 0.4) is 0 Å². The zero-order valence-corrected chi connectivity index (χ0v) is 6.86. The first-order valence-corrected chi connectivity index (χ1v) is 4.57. The molecule has 0 aromatic carbocycles. The van der Waals surface area contributed by atoms with Gasteiger partial charge >= 0.3 is 0 Å². The zero-order valence-electron chi connectivity index (χ0n) is 6.04. The summed E-state index contributed by atoms with van der Waals surface area (Å²) >= 11 is 1.71. The molecule has 1 heterocycles. The number of thioether (sulfide) groups is 1. The Kier molecular flexibility index (Phi) is 3.09. The summed E-state index contributed by atoms with van der Waals surface area (Å²) in [5.74, 6) is 2.63. The molecule has 1 atom stereocenters. The van der Waals surface area contributed by atoms with E-state index in [0.717, 1.165) is 17.3 Å². The quantitative estimate of drug-likeness (QED) is 0.654. The van der Waals surface area contributed by atoms with Gasteiger partial charge in [0.05, 0.1) is 18.5 Å². The molecule has 10 heavy (non-hydrogen) atoms. The van der Waals surface area contributed by atoms with Gasteiger partial charge in [0, 0.05) is 5.75 Å². The van der Waals surface area contributed by atoms with Crippen molar-refractivity contribution < 1.29 is 9.84 Å². The molecule has 2 nitrogen and oxygen atoms in total. The second kappa shape index (κ2) is 3.88. The topological polar surface area (TPSA) is 29.5 Å². The van der Waals surface area contributed by atoms with Crippen LogP contribution in [0, 0.1) is 0 Å². The summed E-state index contributed by atoms with van der Waals surface area (Å²) in [6, 6.07) is 0. The van der Waals surface area contributed by atoms with Crippen molar-refractivity contribution in [2.45, 2.75) is 13.0 Å². The van der Waals surface area contributed by atoms with E-state index in [9.17, 15) is 0 Å². The summed E-state index contributed by atoms with van der Waals surface area (Å²) in [6.45, 7) is 2.64. The van der Waals surface area contributed by atoms with E-state index in [1.54, 1.807) is 17.8 Å². The van der Waals surface area contributed by atoms with Crippen molar-refractivity contribution >= 4 is 11.8 Å². The van der Waals surface area contributed by atoms with Gasteiger partial charge in [-0.1, -0.05) is 0 Å². The van der Waals surface area contributed by atoms with Crippen LogP contribution >= 0.6 is 11.8 Å². The molecule has 0 aromatic heterocycles. The van der Waals surface area contributed by atoms with Gasteiger partial charge < -0.3 is 9.84 Å². The molecule has 0 fully saturated rings. The third kappa shape index (κ3) is 2.23. The summed E-state index contributed by atoms with van der Waals surface area (Å²) in [6.07, 6.45) is 1.49. The molecule has 1 aliphatic heterocycles. The summed E-state index contributed by atoms with van der Waals surface area (Å²) < 4.78 is 5.23. The summed E-state index contributed by atoms with van der Waals surface area (Å²) in [4.78, 5) is 0. The standard InChI is InChI=1S/C7H12O2S/c1-2-9-7-3-6(8)4-10-5-7/h3,6,8H,2,4-5H2,1H3. The van der Waals surface area contributed by atoms with Crippen LogP contribution in [-0.4, -0.2) is 29.3 Å². The molecule has 0 spiro atoms. The zero-order chi connectivity index (χ0) is 7.40. The van der Waals surface area contributed by atoms with Crippen molar-refractivity contribution in [2.24, 2.45) is 0 Å². The minimum absolute atomic E-state index is 0.305. The molecule has 0 radical (unpaired) electrons. The number of hydrogen-bond donors (Lipinski definition) is 1. The van der Waals surface area contributed by atoms with Gasteiger partial charge in [0.15, 0.2) is 0 Å². The number of rotatable bonds is 2. The lowest BCUT2D eigenvalue weighted by Crippen LogP contribution is -2.14. The molecular formula is C7H12O2S. The Bertz CT molecular complexity index is 134. The molecule has 0 aromatic rings. The Balaban J connectivity index is 2.41. The summed E-state index contributed by atoms with van der Waals surface area (Å²) in [5.41, 5.74) is 0. The highest BCUT2D eigenvalue weighted by molar-refractivity contribution is 7.99. The summed E-state index contributed by atoms with van der Waals surface area (Å²) in [5, 5.41) is 9.13. The maximum absolute atomic E-state index is 9.13. The smallest absolute Gasteiger partial charge is 0.104 e. The van der Waals surface area contributed by atoms with Gasteiger partial charge in [0.1, 0.15) is 5.76 Å². The first-order valence-electron chi connectivity index (χ1n) is 3.42. The normalized spacial score (nSPS) is 25.8. The number of aliphatic hydroxyl groups is 1. The van der Waals surface area contributed by atoms with Crippen molar-refractivity contribution in [2.75, 3.05) is 18.1 Å². The van der Waals surface area contributed by atoms with E-state index in [4.69, 9.17) is 9.84 Å². The third-order valence-corrected chi connectivity index (χ3v) is 2.31. The van der Waals surface area contributed by atoms with E-state index in [2.05, 4.69) is 0 Å². The van der Waals surface area contributed by atoms with E-state index >= 15 is 0 Å². The highest BCUT2D eigenvalue weighted by Gasteiger charge is 2.10. The SMILES string of the molecule is CCOC1=CC(O)CSC1. The Morgan fingerprint density at radius 1 is 1.90 bits per heavy atom. The number of aliphatic hydroxyl groups excluding tert-OH is 1. The second-order valence-corrected chi connectivity index (χ2v) is 3.18. The van der Waals surface area contributed by atoms with Gasteiger partial charge in [-0.25, -0.2) is 0 Å². The molecule has 0 saturated heterocycles. The van der Waals surface area contributed by atoms with Crippen molar-refractivity contribution in [1.82, 2.24) is 0 Å². The monoisotopic (exact) mass is 160 g/mol. The highest BCUT2D eigenvalue weighted by atomic mass is 32.2.